The first-order valence-corrected chi connectivity index (χ1v) is 6.40. The molecule has 0 bridgehead atoms. The normalized spacial score (nSPS) is 20.0. The van der Waals surface area contributed by atoms with Gasteiger partial charge in [0, 0.05) is 19.7 Å². The molecule has 1 aliphatic heterocycles. The average Bonchev–Trinajstić information content (AvgIpc) is 2.84. The first kappa shape index (κ1) is 12.4. The van der Waals surface area contributed by atoms with E-state index in [1.54, 1.807) is 12.1 Å². The maximum Gasteiger partial charge on any atom is 0.115 e. The summed E-state index contributed by atoms with van der Waals surface area (Å²) in [6.07, 6.45) is 2.79. The van der Waals surface area contributed by atoms with Crippen molar-refractivity contribution in [1.82, 2.24) is 4.90 Å². The Balaban J connectivity index is 1.87. The lowest BCUT2D eigenvalue weighted by Gasteiger charge is -2.23. The van der Waals surface area contributed by atoms with E-state index in [9.17, 15) is 5.11 Å². The van der Waals surface area contributed by atoms with Crippen LogP contribution in [-0.4, -0.2) is 35.8 Å². The van der Waals surface area contributed by atoms with Crippen molar-refractivity contribution in [2.75, 3.05) is 19.7 Å². The summed E-state index contributed by atoms with van der Waals surface area (Å²) in [6, 6.07) is 7.45. The minimum atomic E-state index is 0.330. The van der Waals surface area contributed by atoms with Crippen molar-refractivity contribution in [3.8, 4) is 5.75 Å². The molecule has 0 amide bonds. The van der Waals surface area contributed by atoms with E-state index in [0.29, 0.717) is 11.9 Å². The van der Waals surface area contributed by atoms with E-state index in [4.69, 9.17) is 4.74 Å². The molecule has 0 radical (unpaired) electrons. The van der Waals surface area contributed by atoms with Gasteiger partial charge in [-0.15, -0.1) is 0 Å². The number of aromatic hydroxyl groups is 1. The van der Waals surface area contributed by atoms with Crippen molar-refractivity contribution >= 4 is 0 Å². The summed E-state index contributed by atoms with van der Waals surface area (Å²) in [4.78, 5) is 2.39. The smallest absolute Gasteiger partial charge is 0.115 e. The van der Waals surface area contributed by atoms with Gasteiger partial charge in [0.1, 0.15) is 5.75 Å². The Bertz CT molecular complexity index is 331. The third-order valence-electron chi connectivity index (χ3n) is 3.28. The quantitative estimate of drug-likeness (QED) is 0.850. The SMILES string of the molecule is CCN(Cc1ccc(O)cc1)CC1CCCO1. The number of likely N-dealkylation sites (N-methyl/N-ethyl adjacent to an activating group) is 1. The number of hydrogen-bond acceptors (Lipinski definition) is 3. The number of rotatable bonds is 5. The molecule has 0 aromatic heterocycles. The third kappa shape index (κ3) is 3.72. The van der Waals surface area contributed by atoms with E-state index >= 15 is 0 Å². The van der Waals surface area contributed by atoms with Gasteiger partial charge in [-0.05, 0) is 37.1 Å². The van der Waals surface area contributed by atoms with Gasteiger partial charge in [0.2, 0.25) is 0 Å². The van der Waals surface area contributed by atoms with E-state index in [1.165, 1.54) is 18.4 Å². The Morgan fingerprint density at radius 2 is 2.12 bits per heavy atom. The third-order valence-corrected chi connectivity index (χ3v) is 3.28. The molecule has 1 heterocycles. The molecule has 1 aliphatic rings. The Morgan fingerprint density at radius 1 is 1.35 bits per heavy atom. The number of nitrogens with zero attached hydrogens (tertiary/aromatic N) is 1. The monoisotopic (exact) mass is 235 g/mol. The summed E-state index contributed by atoms with van der Waals surface area (Å²) < 4.78 is 5.66. The number of ether oxygens (including phenoxy) is 1. The van der Waals surface area contributed by atoms with Crippen LogP contribution in [0.15, 0.2) is 24.3 Å². The van der Waals surface area contributed by atoms with Crippen LogP contribution < -0.4 is 0 Å². The maximum absolute atomic E-state index is 9.24. The zero-order valence-electron chi connectivity index (χ0n) is 10.4. The van der Waals surface area contributed by atoms with Crippen molar-refractivity contribution in [3.63, 3.8) is 0 Å². The van der Waals surface area contributed by atoms with Crippen LogP contribution in [0, 0.1) is 0 Å². The standard InChI is InChI=1S/C14H21NO2/c1-2-15(11-14-4-3-9-17-14)10-12-5-7-13(16)8-6-12/h5-8,14,16H,2-4,9-11H2,1H3. The van der Waals surface area contributed by atoms with Gasteiger partial charge in [0.15, 0.2) is 0 Å². The maximum atomic E-state index is 9.24. The lowest BCUT2D eigenvalue weighted by atomic mass is 10.2. The molecule has 94 valence electrons. The Kier molecular flexibility index (Phi) is 4.40. The van der Waals surface area contributed by atoms with Gasteiger partial charge in [0.25, 0.3) is 0 Å². The second-order valence-electron chi connectivity index (χ2n) is 4.63. The topological polar surface area (TPSA) is 32.7 Å². The van der Waals surface area contributed by atoms with Gasteiger partial charge < -0.3 is 9.84 Å². The van der Waals surface area contributed by atoms with Crippen LogP contribution in [0.25, 0.3) is 0 Å². The van der Waals surface area contributed by atoms with Crippen molar-refractivity contribution in [2.45, 2.75) is 32.4 Å². The molecule has 17 heavy (non-hydrogen) atoms. The van der Waals surface area contributed by atoms with Crippen LogP contribution in [0.3, 0.4) is 0 Å². The van der Waals surface area contributed by atoms with Gasteiger partial charge in [0.05, 0.1) is 6.10 Å². The molecule has 1 saturated heterocycles. The second kappa shape index (κ2) is 6.03. The summed E-state index contributed by atoms with van der Waals surface area (Å²) >= 11 is 0. The molecule has 2 rings (SSSR count). The van der Waals surface area contributed by atoms with E-state index in [2.05, 4.69) is 11.8 Å². The lowest BCUT2D eigenvalue weighted by molar-refractivity contribution is 0.0725. The van der Waals surface area contributed by atoms with Crippen molar-refractivity contribution in [2.24, 2.45) is 0 Å². The predicted octanol–water partition coefficient (Wildman–Crippen LogP) is 2.39. The summed E-state index contributed by atoms with van der Waals surface area (Å²) in [5, 5.41) is 9.24. The summed E-state index contributed by atoms with van der Waals surface area (Å²) in [7, 11) is 0. The summed E-state index contributed by atoms with van der Waals surface area (Å²) in [5.74, 6) is 0.330. The molecule has 1 N–H and O–H groups in total. The van der Waals surface area contributed by atoms with Gasteiger partial charge in [-0.1, -0.05) is 19.1 Å². The first-order chi connectivity index (χ1) is 8.28. The average molecular weight is 235 g/mol. The Hall–Kier alpha value is -1.06. The highest BCUT2D eigenvalue weighted by Crippen LogP contribution is 2.16. The molecule has 3 heteroatoms. The molecule has 0 aliphatic carbocycles. The van der Waals surface area contributed by atoms with Crippen molar-refractivity contribution < 1.29 is 9.84 Å². The van der Waals surface area contributed by atoms with Crippen LogP contribution in [0.4, 0.5) is 0 Å². The number of hydrogen-bond donors (Lipinski definition) is 1. The van der Waals surface area contributed by atoms with E-state index in [1.807, 2.05) is 12.1 Å². The van der Waals surface area contributed by atoms with Crippen LogP contribution in [0.2, 0.25) is 0 Å². The molecule has 1 atom stereocenters. The fraction of sp³-hybridized carbons (Fsp3) is 0.571. The highest BCUT2D eigenvalue weighted by atomic mass is 16.5. The fourth-order valence-electron chi connectivity index (χ4n) is 2.24. The minimum Gasteiger partial charge on any atom is -0.508 e. The van der Waals surface area contributed by atoms with Crippen molar-refractivity contribution in [3.05, 3.63) is 29.8 Å². The zero-order chi connectivity index (χ0) is 12.1. The fourth-order valence-corrected chi connectivity index (χ4v) is 2.24. The van der Waals surface area contributed by atoms with Crippen LogP contribution in [0.5, 0.6) is 5.75 Å². The molecule has 1 aromatic carbocycles. The van der Waals surface area contributed by atoms with Crippen molar-refractivity contribution in [1.29, 1.82) is 0 Å². The van der Waals surface area contributed by atoms with Crippen LogP contribution >= 0.6 is 0 Å². The largest absolute Gasteiger partial charge is 0.508 e. The Morgan fingerprint density at radius 3 is 2.71 bits per heavy atom. The van der Waals surface area contributed by atoms with E-state index in [0.717, 1.165) is 26.2 Å². The van der Waals surface area contributed by atoms with Gasteiger partial charge in [-0.25, -0.2) is 0 Å². The van der Waals surface area contributed by atoms with E-state index < -0.39 is 0 Å². The predicted molar refractivity (Wildman–Crippen MR) is 68.0 cm³/mol. The molecule has 1 unspecified atom stereocenters. The van der Waals surface area contributed by atoms with E-state index in [-0.39, 0.29) is 0 Å². The molecule has 3 nitrogen and oxygen atoms in total. The molecule has 1 fully saturated rings. The second-order valence-corrected chi connectivity index (χ2v) is 4.63. The zero-order valence-corrected chi connectivity index (χ0v) is 10.4. The van der Waals surface area contributed by atoms with Crippen LogP contribution in [-0.2, 0) is 11.3 Å². The Labute approximate surface area is 103 Å². The molecule has 0 saturated carbocycles. The minimum absolute atomic E-state index is 0.330. The highest BCUT2D eigenvalue weighted by molar-refractivity contribution is 5.25. The van der Waals surface area contributed by atoms with Crippen LogP contribution in [0.1, 0.15) is 25.3 Å². The molecular formula is C14H21NO2. The van der Waals surface area contributed by atoms with Gasteiger partial charge in [-0.2, -0.15) is 0 Å². The molecule has 1 aromatic rings. The lowest BCUT2D eigenvalue weighted by Crippen LogP contribution is -2.31. The highest BCUT2D eigenvalue weighted by Gasteiger charge is 2.18. The number of phenolic OH excluding ortho intramolecular Hbond substituents is 1. The summed E-state index contributed by atoms with van der Waals surface area (Å²) in [5.41, 5.74) is 1.24. The molecule has 0 spiro atoms. The van der Waals surface area contributed by atoms with Gasteiger partial charge in [-0.3, -0.25) is 4.90 Å². The number of benzene rings is 1. The first-order valence-electron chi connectivity index (χ1n) is 6.40. The van der Waals surface area contributed by atoms with Gasteiger partial charge >= 0.3 is 0 Å². The summed E-state index contributed by atoms with van der Waals surface area (Å²) in [6.45, 7) is 6.06. The number of phenols is 1. The molecular weight excluding hydrogens is 214 g/mol.